The minimum absolute atomic E-state index is 0.0491. The molecule has 0 amide bonds. The molecule has 18 heavy (non-hydrogen) atoms. The van der Waals surface area contributed by atoms with Crippen molar-refractivity contribution in [1.29, 1.82) is 0 Å². The molecular formula is C11H13O6S-. The number of aryl methyl sites for hydroxylation is 1. The molecule has 0 N–H and O–H groups in total. The smallest absolute Gasteiger partial charge is 0.297 e. The van der Waals surface area contributed by atoms with E-state index >= 15 is 0 Å². The first-order chi connectivity index (χ1) is 8.42. The summed E-state index contributed by atoms with van der Waals surface area (Å²) in [4.78, 5) is 10.1. The summed E-state index contributed by atoms with van der Waals surface area (Å²) in [5.41, 5.74) is 0.936. The Morgan fingerprint density at radius 3 is 2.39 bits per heavy atom. The second-order valence-electron chi connectivity index (χ2n) is 3.51. The quantitative estimate of drug-likeness (QED) is 0.489. The molecule has 0 spiro atoms. The summed E-state index contributed by atoms with van der Waals surface area (Å²) in [6.07, 6.45) is 0. The number of ether oxygens (including phenoxy) is 1. The summed E-state index contributed by atoms with van der Waals surface area (Å²) in [7, 11) is -3.82. The largest absolute Gasteiger partial charge is 0.548 e. The highest BCUT2D eigenvalue weighted by Crippen LogP contribution is 2.12. The molecule has 0 heterocycles. The average Bonchev–Trinajstić information content (AvgIpc) is 2.28. The van der Waals surface area contributed by atoms with Crippen molar-refractivity contribution in [3.05, 3.63) is 29.8 Å². The highest BCUT2D eigenvalue weighted by Gasteiger charge is 2.14. The molecule has 1 rings (SSSR count). The molecule has 0 unspecified atom stereocenters. The fourth-order valence-electron chi connectivity index (χ4n) is 1.13. The van der Waals surface area contributed by atoms with Gasteiger partial charge in [-0.25, -0.2) is 0 Å². The lowest BCUT2D eigenvalue weighted by molar-refractivity contribution is -0.309. The van der Waals surface area contributed by atoms with Gasteiger partial charge in [0.25, 0.3) is 10.1 Å². The number of hydrogen-bond acceptors (Lipinski definition) is 6. The average molecular weight is 273 g/mol. The van der Waals surface area contributed by atoms with E-state index in [1.807, 2.05) is 6.92 Å². The molecule has 0 aliphatic carbocycles. The normalized spacial score (nSPS) is 11.4. The Morgan fingerprint density at radius 2 is 1.83 bits per heavy atom. The molecule has 0 aromatic heterocycles. The van der Waals surface area contributed by atoms with Crippen molar-refractivity contribution in [1.82, 2.24) is 0 Å². The SMILES string of the molecule is Cc1ccc(S(=O)(=O)OCCOCC(=O)[O-])cc1. The van der Waals surface area contributed by atoms with Gasteiger partial charge >= 0.3 is 0 Å². The van der Waals surface area contributed by atoms with Crippen molar-refractivity contribution >= 4 is 16.1 Å². The fourth-order valence-corrected chi connectivity index (χ4v) is 2.02. The molecule has 0 atom stereocenters. The zero-order chi connectivity index (χ0) is 13.6. The number of hydrogen-bond donors (Lipinski definition) is 0. The van der Waals surface area contributed by atoms with Crippen molar-refractivity contribution in [3.63, 3.8) is 0 Å². The van der Waals surface area contributed by atoms with E-state index in [1.54, 1.807) is 12.1 Å². The van der Waals surface area contributed by atoms with Crippen LogP contribution in [0.3, 0.4) is 0 Å². The van der Waals surface area contributed by atoms with E-state index in [1.165, 1.54) is 12.1 Å². The van der Waals surface area contributed by atoms with Crippen molar-refractivity contribution in [3.8, 4) is 0 Å². The van der Waals surface area contributed by atoms with Gasteiger partial charge in [0.05, 0.1) is 30.7 Å². The maximum absolute atomic E-state index is 11.6. The molecule has 0 bridgehead atoms. The van der Waals surface area contributed by atoms with Crippen molar-refractivity contribution in [2.75, 3.05) is 19.8 Å². The monoisotopic (exact) mass is 273 g/mol. The van der Waals surface area contributed by atoms with Gasteiger partial charge in [-0.3, -0.25) is 4.18 Å². The van der Waals surface area contributed by atoms with Crippen molar-refractivity contribution < 1.29 is 27.2 Å². The standard InChI is InChI=1S/C11H14O6S/c1-9-2-4-10(5-3-9)18(14,15)17-7-6-16-8-11(12)13/h2-5H,6-8H2,1H3,(H,12,13)/p-1. The van der Waals surface area contributed by atoms with E-state index in [-0.39, 0.29) is 18.1 Å². The van der Waals surface area contributed by atoms with Gasteiger partial charge in [-0.15, -0.1) is 0 Å². The second kappa shape index (κ2) is 6.48. The third kappa shape index (κ3) is 4.82. The first-order valence-corrected chi connectivity index (χ1v) is 6.56. The second-order valence-corrected chi connectivity index (χ2v) is 5.13. The predicted molar refractivity (Wildman–Crippen MR) is 60.1 cm³/mol. The van der Waals surface area contributed by atoms with Crippen LogP contribution in [-0.4, -0.2) is 34.2 Å². The summed E-state index contributed by atoms with van der Waals surface area (Å²) in [5.74, 6) is -1.36. The van der Waals surface area contributed by atoms with Crippen molar-refractivity contribution in [2.24, 2.45) is 0 Å². The molecule has 0 fully saturated rings. The topological polar surface area (TPSA) is 92.7 Å². The number of carboxylic acids is 1. The molecule has 0 aliphatic heterocycles. The van der Waals surface area contributed by atoms with Crippen LogP contribution in [0.5, 0.6) is 0 Å². The minimum Gasteiger partial charge on any atom is -0.548 e. The van der Waals surface area contributed by atoms with E-state index in [0.717, 1.165) is 5.56 Å². The van der Waals surface area contributed by atoms with Crippen LogP contribution in [0.15, 0.2) is 29.2 Å². The Bertz CT molecular complexity index is 491. The Kier molecular flexibility index (Phi) is 5.26. The van der Waals surface area contributed by atoms with Crippen LogP contribution in [-0.2, 0) is 23.8 Å². The molecule has 1 aromatic carbocycles. The van der Waals surface area contributed by atoms with Crippen LogP contribution >= 0.6 is 0 Å². The summed E-state index contributed by atoms with van der Waals surface area (Å²) < 4.78 is 32.5. The van der Waals surface area contributed by atoms with Gasteiger partial charge in [0.1, 0.15) is 0 Å². The molecule has 0 aliphatic rings. The lowest BCUT2D eigenvalue weighted by Crippen LogP contribution is -2.28. The summed E-state index contributed by atoms with van der Waals surface area (Å²) in [6.45, 7) is 0.863. The van der Waals surface area contributed by atoms with Crippen LogP contribution in [0.25, 0.3) is 0 Å². The molecule has 100 valence electrons. The summed E-state index contributed by atoms with van der Waals surface area (Å²) >= 11 is 0. The van der Waals surface area contributed by atoms with E-state index in [9.17, 15) is 18.3 Å². The lowest BCUT2D eigenvalue weighted by atomic mass is 10.2. The number of aliphatic carboxylic acids is 1. The molecule has 0 saturated carbocycles. The van der Waals surface area contributed by atoms with Gasteiger partial charge < -0.3 is 14.6 Å². The molecule has 6 nitrogen and oxygen atoms in total. The number of carbonyl (C=O) groups is 1. The first kappa shape index (κ1) is 14.6. The van der Waals surface area contributed by atoms with Gasteiger partial charge in [0.2, 0.25) is 0 Å². The van der Waals surface area contributed by atoms with Crippen LogP contribution in [0.4, 0.5) is 0 Å². The van der Waals surface area contributed by atoms with E-state index in [2.05, 4.69) is 8.92 Å². The van der Waals surface area contributed by atoms with Gasteiger partial charge in [0.15, 0.2) is 0 Å². The maximum Gasteiger partial charge on any atom is 0.297 e. The highest BCUT2D eigenvalue weighted by atomic mass is 32.2. The summed E-state index contributed by atoms with van der Waals surface area (Å²) in [5, 5.41) is 10.0. The third-order valence-electron chi connectivity index (χ3n) is 2.00. The van der Waals surface area contributed by atoms with Gasteiger partial charge in [-0.05, 0) is 19.1 Å². The summed E-state index contributed by atoms with van der Waals surface area (Å²) in [6, 6.07) is 6.19. The van der Waals surface area contributed by atoms with E-state index in [4.69, 9.17) is 0 Å². The maximum atomic E-state index is 11.6. The van der Waals surface area contributed by atoms with E-state index < -0.39 is 22.7 Å². The van der Waals surface area contributed by atoms with Gasteiger partial charge in [-0.2, -0.15) is 8.42 Å². The first-order valence-electron chi connectivity index (χ1n) is 5.15. The minimum atomic E-state index is -3.82. The number of carboxylic acid groups (broad SMARTS) is 1. The number of rotatable bonds is 7. The fraction of sp³-hybridized carbons (Fsp3) is 0.364. The molecule has 0 saturated heterocycles. The van der Waals surface area contributed by atoms with Crippen molar-refractivity contribution in [2.45, 2.75) is 11.8 Å². The van der Waals surface area contributed by atoms with Crippen LogP contribution in [0, 0.1) is 6.92 Å². The van der Waals surface area contributed by atoms with Gasteiger partial charge in [0, 0.05) is 0 Å². The molecule has 0 radical (unpaired) electrons. The van der Waals surface area contributed by atoms with Gasteiger partial charge in [-0.1, -0.05) is 17.7 Å². The van der Waals surface area contributed by atoms with E-state index in [0.29, 0.717) is 0 Å². The Morgan fingerprint density at radius 1 is 1.22 bits per heavy atom. The zero-order valence-electron chi connectivity index (χ0n) is 9.79. The highest BCUT2D eigenvalue weighted by molar-refractivity contribution is 7.86. The number of benzene rings is 1. The van der Waals surface area contributed by atoms with Crippen LogP contribution in [0.1, 0.15) is 5.56 Å². The van der Waals surface area contributed by atoms with Crippen LogP contribution in [0.2, 0.25) is 0 Å². The third-order valence-corrected chi connectivity index (χ3v) is 3.32. The lowest BCUT2D eigenvalue weighted by Gasteiger charge is -2.07. The zero-order valence-corrected chi connectivity index (χ0v) is 10.6. The Labute approximate surface area is 105 Å². The predicted octanol–water partition coefficient (Wildman–Crippen LogP) is -0.533. The Balaban J connectivity index is 2.45. The molecule has 1 aromatic rings. The Hall–Kier alpha value is -1.44. The molecular weight excluding hydrogens is 260 g/mol. The molecule has 7 heteroatoms. The van der Waals surface area contributed by atoms with Crippen LogP contribution < -0.4 is 5.11 Å². The number of carbonyl (C=O) groups excluding carboxylic acids is 1.